The molecule has 0 fully saturated rings. The lowest BCUT2D eigenvalue weighted by Gasteiger charge is -2.12. The van der Waals surface area contributed by atoms with Gasteiger partial charge in [-0.15, -0.1) is 10.2 Å². The zero-order valence-electron chi connectivity index (χ0n) is 16.3. The van der Waals surface area contributed by atoms with Gasteiger partial charge >= 0.3 is 0 Å². The second-order valence-electron chi connectivity index (χ2n) is 6.70. The average molecular weight is 392 g/mol. The lowest BCUT2D eigenvalue weighted by Crippen LogP contribution is -2.03. The molecule has 0 aliphatic rings. The molecule has 148 valence electrons. The van der Waals surface area contributed by atoms with Gasteiger partial charge in [0.15, 0.2) is 5.65 Å². The van der Waals surface area contributed by atoms with E-state index in [2.05, 4.69) is 15.2 Å². The number of hydrogen-bond acceptors (Lipinski definition) is 5. The SMILES string of the molecule is COCc1cncc(-c2ccc(CCc3c(F)cccc3OC)n3cnnc23)c1. The van der Waals surface area contributed by atoms with E-state index in [1.54, 1.807) is 45.1 Å². The predicted molar refractivity (Wildman–Crippen MR) is 107 cm³/mol. The largest absolute Gasteiger partial charge is 0.496 e. The van der Waals surface area contributed by atoms with Crippen LogP contribution in [-0.2, 0) is 24.2 Å². The molecule has 4 aromatic rings. The van der Waals surface area contributed by atoms with E-state index in [-0.39, 0.29) is 5.82 Å². The molecule has 0 spiro atoms. The number of benzene rings is 1. The van der Waals surface area contributed by atoms with Gasteiger partial charge in [0.05, 0.1) is 13.7 Å². The van der Waals surface area contributed by atoms with Gasteiger partial charge in [-0.25, -0.2) is 4.39 Å². The molecule has 0 bridgehead atoms. The number of aryl methyl sites for hydroxylation is 1. The highest BCUT2D eigenvalue weighted by Crippen LogP contribution is 2.27. The van der Waals surface area contributed by atoms with Gasteiger partial charge in [-0.1, -0.05) is 6.07 Å². The van der Waals surface area contributed by atoms with Crippen molar-refractivity contribution in [3.8, 4) is 16.9 Å². The Labute approximate surface area is 168 Å². The summed E-state index contributed by atoms with van der Waals surface area (Å²) in [7, 11) is 3.21. The highest BCUT2D eigenvalue weighted by Gasteiger charge is 2.13. The van der Waals surface area contributed by atoms with Crippen LogP contribution in [0.2, 0.25) is 0 Å². The fraction of sp³-hybridized carbons (Fsp3) is 0.227. The number of methoxy groups -OCH3 is 2. The van der Waals surface area contributed by atoms with Crippen LogP contribution < -0.4 is 4.74 Å². The number of pyridine rings is 2. The zero-order chi connectivity index (χ0) is 20.2. The molecule has 3 aromatic heterocycles. The van der Waals surface area contributed by atoms with Crippen molar-refractivity contribution in [3.63, 3.8) is 0 Å². The Morgan fingerprint density at radius 1 is 1.07 bits per heavy atom. The Morgan fingerprint density at radius 2 is 1.97 bits per heavy atom. The minimum absolute atomic E-state index is 0.262. The third-order valence-electron chi connectivity index (χ3n) is 4.88. The number of halogens is 1. The van der Waals surface area contributed by atoms with Crippen LogP contribution in [0.25, 0.3) is 16.8 Å². The second-order valence-corrected chi connectivity index (χ2v) is 6.70. The van der Waals surface area contributed by atoms with Crippen LogP contribution in [0.3, 0.4) is 0 Å². The number of hydrogen-bond donors (Lipinski definition) is 0. The number of fused-ring (bicyclic) bond motifs is 1. The summed E-state index contributed by atoms with van der Waals surface area (Å²) in [5.74, 6) is 0.296. The lowest BCUT2D eigenvalue weighted by molar-refractivity contribution is 0.184. The molecule has 0 saturated heterocycles. The summed E-state index contributed by atoms with van der Waals surface area (Å²) in [4.78, 5) is 4.31. The van der Waals surface area contributed by atoms with Gasteiger partial charge in [0, 0.05) is 41.9 Å². The van der Waals surface area contributed by atoms with Crippen molar-refractivity contribution in [1.29, 1.82) is 0 Å². The number of ether oxygens (including phenoxy) is 2. The molecule has 4 rings (SSSR count). The zero-order valence-corrected chi connectivity index (χ0v) is 16.3. The van der Waals surface area contributed by atoms with Gasteiger partial charge in [-0.3, -0.25) is 9.38 Å². The van der Waals surface area contributed by atoms with E-state index in [1.165, 1.54) is 6.07 Å². The standard InChI is InChI=1S/C22H21FN4O2/c1-28-13-15-10-16(12-24-11-15)18-8-6-17(27-14-25-26-22(18)27)7-9-19-20(23)4-3-5-21(19)29-2/h3-6,8,10-12,14H,7,9,13H2,1-2H3. The summed E-state index contributed by atoms with van der Waals surface area (Å²) in [5, 5.41) is 8.38. The molecule has 1 aromatic carbocycles. The van der Waals surface area contributed by atoms with E-state index in [1.807, 2.05) is 22.6 Å². The van der Waals surface area contributed by atoms with Crippen LogP contribution in [0.15, 0.2) is 55.1 Å². The van der Waals surface area contributed by atoms with Crippen molar-refractivity contribution < 1.29 is 13.9 Å². The van der Waals surface area contributed by atoms with Gasteiger partial charge in [0.1, 0.15) is 17.9 Å². The minimum atomic E-state index is -0.262. The van der Waals surface area contributed by atoms with E-state index >= 15 is 0 Å². The smallest absolute Gasteiger partial charge is 0.168 e. The third kappa shape index (κ3) is 3.82. The van der Waals surface area contributed by atoms with Gasteiger partial charge in [-0.05, 0) is 48.7 Å². The van der Waals surface area contributed by atoms with Gasteiger partial charge in [-0.2, -0.15) is 0 Å². The van der Waals surface area contributed by atoms with Crippen molar-refractivity contribution in [2.24, 2.45) is 0 Å². The Bertz CT molecular complexity index is 1140. The second kappa shape index (κ2) is 8.36. The molecule has 0 atom stereocenters. The number of nitrogens with zero attached hydrogens (tertiary/aromatic N) is 4. The molecule has 0 saturated carbocycles. The normalized spacial score (nSPS) is 11.1. The summed E-state index contributed by atoms with van der Waals surface area (Å²) >= 11 is 0. The Kier molecular flexibility index (Phi) is 5.48. The van der Waals surface area contributed by atoms with Crippen LogP contribution >= 0.6 is 0 Å². The maximum Gasteiger partial charge on any atom is 0.168 e. The van der Waals surface area contributed by atoms with E-state index in [0.717, 1.165) is 28.0 Å². The maximum absolute atomic E-state index is 14.3. The van der Waals surface area contributed by atoms with E-state index in [4.69, 9.17) is 9.47 Å². The summed E-state index contributed by atoms with van der Waals surface area (Å²) in [6.45, 7) is 0.492. The van der Waals surface area contributed by atoms with Crippen LogP contribution in [-0.4, -0.2) is 33.8 Å². The monoisotopic (exact) mass is 392 g/mol. The van der Waals surface area contributed by atoms with Crippen LogP contribution in [0.4, 0.5) is 4.39 Å². The molecule has 7 heteroatoms. The maximum atomic E-state index is 14.3. The third-order valence-corrected chi connectivity index (χ3v) is 4.88. The lowest BCUT2D eigenvalue weighted by atomic mass is 10.0. The first-order chi connectivity index (χ1) is 14.2. The molecule has 0 amide bonds. The van der Waals surface area contributed by atoms with E-state index < -0.39 is 0 Å². The van der Waals surface area contributed by atoms with Crippen molar-refractivity contribution in [2.75, 3.05) is 14.2 Å². The quantitative estimate of drug-likeness (QED) is 0.478. The topological polar surface area (TPSA) is 61.5 Å². The average Bonchev–Trinajstić information content (AvgIpc) is 3.23. The molecule has 29 heavy (non-hydrogen) atoms. The molecule has 6 nitrogen and oxygen atoms in total. The highest BCUT2D eigenvalue weighted by atomic mass is 19.1. The van der Waals surface area contributed by atoms with Crippen molar-refractivity contribution in [3.05, 3.63) is 77.8 Å². The number of aromatic nitrogens is 4. The van der Waals surface area contributed by atoms with Crippen molar-refractivity contribution in [1.82, 2.24) is 19.6 Å². The molecule has 0 unspecified atom stereocenters. The predicted octanol–water partition coefficient (Wildman–Crippen LogP) is 3.87. The van der Waals surface area contributed by atoms with Crippen molar-refractivity contribution >= 4 is 5.65 Å². The van der Waals surface area contributed by atoms with Gasteiger partial charge < -0.3 is 9.47 Å². The van der Waals surface area contributed by atoms with Crippen LogP contribution in [0.5, 0.6) is 5.75 Å². The first-order valence-corrected chi connectivity index (χ1v) is 9.27. The molecular weight excluding hydrogens is 371 g/mol. The first kappa shape index (κ1) is 19.0. The molecule has 0 aliphatic heterocycles. The van der Waals surface area contributed by atoms with Crippen molar-refractivity contribution in [2.45, 2.75) is 19.4 Å². The van der Waals surface area contributed by atoms with Crippen LogP contribution in [0, 0.1) is 5.82 Å². The molecule has 0 N–H and O–H groups in total. The van der Waals surface area contributed by atoms with Gasteiger partial charge in [0.25, 0.3) is 0 Å². The van der Waals surface area contributed by atoms with Crippen LogP contribution in [0.1, 0.15) is 16.8 Å². The number of rotatable bonds is 7. The Hall–Kier alpha value is -3.32. The molecule has 0 aliphatic carbocycles. The highest BCUT2D eigenvalue weighted by molar-refractivity contribution is 5.77. The first-order valence-electron chi connectivity index (χ1n) is 9.27. The Balaban J connectivity index is 1.66. The minimum Gasteiger partial charge on any atom is -0.496 e. The Morgan fingerprint density at radius 3 is 2.79 bits per heavy atom. The summed E-state index contributed by atoms with van der Waals surface area (Å²) < 4.78 is 26.7. The van der Waals surface area contributed by atoms with Gasteiger partial charge in [0.2, 0.25) is 0 Å². The fourth-order valence-corrected chi connectivity index (χ4v) is 3.50. The van der Waals surface area contributed by atoms with E-state index in [0.29, 0.717) is 30.8 Å². The van der Waals surface area contributed by atoms with E-state index in [9.17, 15) is 4.39 Å². The molecule has 0 radical (unpaired) electrons. The molecular formula is C22H21FN4O2. The summed E-state index contributed by atoms with van der Waals surface area (Å²) in [5.41, 5.74) is 5.15. The summed E-state index contributed by atoms with van der Waals surface area (Å²) in [6, 6.07) is 10.9. The summed E-state index contributed by atoms with van der Waals surface area (Å²) in [6.07, 6.45) is 6.39. The molecule has 3 heterocycles. The fourth-order valence-electron chi connectivity index (χ4n) is 3.50.